The predicted octanol–water partition coefficient (Wildman–Crippen LogP) is 0.712. The summed E-state index contributed by atoms with van der Waals surface area (Å²) in [6.45, 7) is 4.24. The Hall–Kier alpha value is 0.677. The van der Waals surface area contributed by atoms with Crippen molar-refractivity contribution in [2.45, 2.75) is 13.8 Å². The van der Waals surface area contributed by atoms with Crippen molar-refractivity contribution in [3.63, 3.8) is 0 Å². The van der Waals surface area contributed by atoms with Crippen molar-refractivity contribution in [2.75, 3.05) is 0 Å². The number of aromatic nitrogens is 2. The third-order valence-corrected chi connectivity index (χ3v) is 3.93. The van der Waals surface area contributed by atoms with E-state index < -0.39 is 0 Å². The van der Waals surface area contributed by atoms with Gasteiger partial charge in [0.05, 0.1) is 0 Å². The Morgan fingerprint density at radius 2 is 1.91 bits per heavy atom. The molecule has 0 atom stereocenters. The van der Waals surface area contributed by atoms with E-state index in [2.05, 4.69) is 23.4 Å². The summed E-state index contributed by atoms with van der Waals surface area (Å²) in [5, 5.41) is 4.08. The summed E-state index contributed by atoms with van der Waals surface area (Å²) >= 11 is 4.48. The molecule has 0 saturated heterocycles. The molecule has 0 unspecified atom stereocenters. The average molecular weight is 506 g/mol. The topological polar surface area (TPSA) is 25.8 Å². The van der Waals surface area contributed by atoms with E-state index in [1.165, 1.54) is 62.9 Å². The van der Waals surface area contributed by atoms with Crippen LogP contribution in [0.5, 0.6) is 0 Å². The normalized spacial score (nSPS) is 9.64. The van der Waals surface area contributed by atoms with Crippen LogP contribution >= 0.6 is 11.5 Å². The van der Waals surface area contributed by atoms with Crippen LogP contribution in [0, 0.1) is 0 Å². The quantitative estimate of drug-likeness (QED) is 0.592. The van der Waals surface area contributed by atoms with Gasteiger partial charge in [-0.1, -0.05) is 0 Å². The van der Waals surface area contributed by atoms with Crippen LogP contribution < -0.4 is 0 Å². The third kappa shape index (κ3) is 2.30. The van der Waals surface area contributed by atoms with Gasteiger partial charge in [-0.25, -0.2) is 0 Å². The fourth-order valence-corrected chi connectivity index (χ4v) is 2.78. The van der Waals surface area contributed by atoms with E-state index in [0.29, 0.717) is 0 Å². The third-order valence-electron chi connectivity index (χ3n) is 1.14. The molecule has 0 bridgehead atoms. The summed E-state index contributed by atoms with van der Waals surface area (Å²) in [4.78, 5) is 1.27. The fraction of sp³-hybridized carbons (Fsp3) is 0.333. The second kappa shape index (κ2) is 4.07. The molecule has 5 heteroatoms. The van der Waals surface area contributed by atoms with E-state index in [-0.39, 0.29) is 0 Å². The molecular weight excluding hydrogens is 500 g/mol. The molecule has 0 fully saturated rings. The van der Waals surface area contributed by atoms with Crippen molar-refractivity contribution in [3.05, 3.63) is 10.6 Å². The zero-order valence-corrected chi connectivity index (χ0v) is 12.8. The van der Waals surface area contributed by atoms with Crippen LogP contribution in [-0.2, 0) is 38.7 Å². The maximum atomic E-state index is 4.08. The second-order valence-electron chi connectivity index (χ2n) is 2.06. The molecule has 58 valence electrons. The van der Waals surface area contributed by atoms with Crippen LogP contribution in [0.3, 0.4) is 0 Å². The van der Waals surface area contributed by atoms with Gasteiger partial charge in [0.2, 0.25) is 0 Å². The molecule has 0 spiro atoms. The van der Waals surface area contributed by atoms with Gasteiger partial charge in [0.25, 0.3) is 0 Å². The molecule has 11 heavy (non-hydrogen) atoms. The number of hydrogen-bond acceptors (Lipinski definition) is 3. The van der Waals surface area contributed by atoms with Crippen molar-refractivity contribution in [1.29, 1.82) is 0 Å². The Kier molecular flexibility index (Phi) is 3.61. The first kappa shape index (κ1) is 9.76. The van der Waals surface area contributed by atoms with Gasteiger partial charge < -0.3 is 0 Å². The van der Waals surface area contributed by atoms with Crippen LogP contribution in [-0.4, -0.2) is 17.4 Å². The summed E-state index contributed by atoms with van der Waals surface area (Å²) in [6, 6.07) is 0. The van der Waals surface area contributed by atoms with Gasteiger partial charge >= 0.3 is 92.0 Å². The van der Waals surface area contributed by atoms with Gasteiger partial charge in [-0.2, -0.15) is 0 Å². The minimum absolute atomic E-state index is 1.11. The van der Waals surface area contributed by atoms with E-state index in [1.54, 1.807) is 0 Å². The summed E-state index contributed by atoms with van der Waals surface area (Å²) in [5.41, 5.74) is 1.11. The Balaban J connectivity index is 3.16. The Morgan fingerprint density at radius 1 is 1.27 bits per heavy atom. The Morgan fingerprint density at radius 3 is 2.27 bits per heavy atom. The number of nitrogens with zero attached hydrogens (tertiary/aromatic N) is 2. The summed E-state index contributed by atoms with van der Waals surface area (Å²) < 4.78 is 6.65. The number of hydrogen-bond donors (Lipinski definition) is 0. The van der Waals surface area contributed by atoms with Crippen molar-refractivity contribution in [3.8, 4) is 0 Å². The number of rotatable bonds is 2. The van der Waals surface area contributed by atoms with Gasteiger partial charge in [0.1, 0.15) is 0 Å². The van der Waals surface area contributed by atoms with Crippen LogP contribution in [0.25, 0.3) is 0 Å². The molecule has 0 radical (unpaired) electrons. The Bertz CT molecular complexity index is 277. The zero-order valence-electron chi connectivity index (χ0n) is 6.12. The van der Waals surface area contributed by atoms with Gasteiger partial charge in [-0.3, -0.25) is 0 Å². The molecule has 2 nitrogen and oxygen atoms in total. The van der Waals surface area contributed by atoms with Gasteiger partial charge in [-0.05, 0) is 0 Å². The van der Waals surface area contributed by atoms with Crippen molar-refractivity contribution < 1.29 is 38.7 Å². The minimum atomic E-state index is 1.11. The van der Waals surface area contributed by atoms with Crippen LogP contribution in [0.2, 0.25) is 0 Å². The van der Waals surface area contributed by atoms with E-state index in [0.717, 1.165) is 5.69 Å². The molecule has 0 saturated carbocycles. The molecule has 0 aromatic carbocycles. The first-order chi connectivity index (χ1) is 5.13. The standard InChI is InChI=1S/C6H6N2S.2W/c1-3-5-6(4-2)9-8-7-5;;/h1-2H3;;. The molecular formula is C6H6N2SW2. The zero-order chi connectivity index (χ0) is 8.43. The van der Waals surface area contributed by atoms with Crippen LogP contribution in [0.15, 0.2) is 0 Å². The van der Waals surface area contributed by atoms with Gasteiger partial charge in [-0.15, -0.1) is 0 Å². The van der Waals surface area contributed by atoms with Gasteiger partial charge in [0, 0.05) is 0 Å². The second-order valence-corrected chi connectivity index (χ2v) is 7.22. The van der Waals surface area contributed by atoms with E-state index in [4.69, 9.17) is 0 Å². The molecule has 0 N–H and O–H groups in total. The van der Waals surface area contributed by atoms with Crippen molar-refractivity contribution >= 4 is 19.3 Å². The molecule has 0 amide bonds. The monoisotopic (exact) mass is 506 g/mol. The van der Waals surface area contributed by atoms with E-state index in [9.17, 15) is 0 Å². The van der Waals surface area contributed by atoms with Crippen molar-refractivity contribution in [1.82, 2.24) is 9.59 Å². The summed E-state index contributed by atoms with van der Waals surface area (Å²) in [5.74, 6) is 0. The molecule has 1 heterocycles. The first-order valence-electron chi connectivity index (χ1n) is 2.97. The van der Waals surface area contributed by atoms with E-state index in [1.807, 2.05) is 0 Å². The molecule has 0 aliphatic rings. The predicted molar refractivity (Wildman–Crippen MR) is 39.5 cm³/mol. The molecule has 1 aromatic rings. The van der Waals surface area contributed by atoms with Gasteiger partial charge in [0.15, 0.2) is 0 Å². The average Bonchev–Trinajstić information content (AvgIpc) is 2.32. The first-order valence-corrected chi connectivity index (χ1v) is 6.68. The Labute approximate surface area is 91.4 Å². The molecule has 0 aliphatic carbocycles. The van der Waals surface area contributed by atoms with Crippen LogP contribution in [0.4, 0.5) is 0 Å². The summed E-state index contributed by atoms with van der Waals surface area (Å²) in [7, 11) is 0. The SMILES string of the molecule is C[C](=[W])c1nnsc1[C](C)=[W]. The molecule has 1 rings (SSSR count). The van der Waals surface area contributed by atoms with E-state index >= 15 is 0 Å². The van der Waals surface area contributed by atoms with Crippen molar-refractivity contribution in [2.24, 2.45) is 0 Å². The maximum absolute atomic E-state index is 4.08. The summed E-state index contributed by atoms with van der Waals surface area (Å²) in [6.07, 6.45) is 0. The molecule has 1 aromatic heterocycles. The molecule has 0 aliphatic heterocycles. The van der Waals surface area contributed by atoms with Crippen LogP contribution in [0.1, 0.15) is 24.4 Å². The fourth-order valence-electron chi connectivity index (χ4n) is 0.652.